The molecule has 1 atom stereocenters. The number of carbonyl (C=O) groups is 3. The van der Waals surface area contributed by atoms with Crippen LogP contribution in [0.15, 0.2) is 72.8 Å². The summed E-state index contributed by atoms with van der Waals surface area (Å²) in [6.45, 7) is 5.53. The average Bonchev–Trinajstić information content (AvgIpc) is 2.85. The molecule has 0 spiro atoms. The Morgan fingerprint density at radius 2 is 1.49 bits per heavy atom. The van der Waals surface area contributed by atoms with E-state index in [0.29, 0.717) is 11.4 Å². The van der Waals surface area contributed by atoms with E-state index in [9.17, 15) is 14.4 Å². The van der Waals surface area contributed by atoms with Gasteiger partial charge in [-0.2, -0.15) is 0 Å². The van der Waals surface area contributed by atoms with Crippen LogP contribution >= 0.6 is 0 Å². The fraction of sp³-hybridized carbons (Fsp3) is 0.250. The first-order valence-corrected chi connectivity index (χ1v) is 11.4. The number of rotatable bonds is 10. The first-order chi connectivity index (χ1) is 16.8. The fourth-order valence-electron chi connectivity index (χ4n) is 3.29. The standard InChI is InChI=1S/C28H30N2O5/c1-19-9-12-25(17-20(19)2)35-24-13-10-23(11-14-24)30-26(31)15-16-28(33)34-18-27(32)29-21(3)22-7-5-4-6-8-22/h4-14,17,21H,15-16,18H2,1-3H3,(H,29,32)(H,30,31)/t21-/m0/s1. The Hall–Kier alpha value is -4.13. The molecule has 35 heavy (non-hydrogen) atoms. The number of benzene rings is 3. The first-order valence-electron chi connectivity index (χ1n) is 11.4. The highest BCUT2D eigenvalue weighted by Gasteiger charge is 2.13. The van der Waals surface area contributed by atoms with Crippen molar-refractivity contribution in [2.75, 3.05) is 11.9 Å². The summed E-state index contributed by atoms with van der Waals surface area (Å²) in [5.41, 5.74) is 3.88. The van der Waals surface area contributed by atoms with Crippen molar-refractivity contribution in [2.45, 2.75) is 39.7 Å². The molecule has 3 rings (SSSR count). The Labute approximate surface area is 205 Å². The van der Waals surface area contributed by atoms with Crippen molar-refractivity contribution in [1.29, 1.82) is 0 Å². The predicted molar refractivity (Wildman–Crippen MR) is 134 cm³/mol. The topological polar surface area (TPSA) is 93.7 Å². The van der Waals surface area contributed by atoms with Gasteiger partial charge in [-0.15, -0.1) is 0 Å². The lowest BCUT2D eigenvalue weighted by Gasteiger charge is -2.14. The summed E-state index contributed by atoms with van der Waals surface area (Å²) in [6.07, 6.45) is -0.177. The number of anilines is 1. The van der Waals surface area contributed by atoms with E-state index >= 15 is 0 Å². The van der Waals surface area contributed by atoms with Gasteiger partial charge in [-0.05, 0) is 73.9 Å². The lowest BCUT2D eigenvalue weighted by atomic mass is 10.1. The van der Waals surface area contributed by atoms with E-state index in [-0.39, 0.29) is 31.4 Å². The molecule has 0 radical (unpaired) electrons. The molecule has 0 aliphatic rings. The van der Waals surface area contributed by atoms with Crippen LogP contribution in [-0.4, -0.2) is 24.4 Å². The van der Waals surface area contributed by atoms with Crippen molar-refractivity contribution in [1.82, 2.24) is 5.32 Å². The maximum Gasteiger partial charge on any atom is 0.306 e. The quantitative estimate of drug-likeness (QED) is 0.392. The highest BCUT2D eigenvalue weighted by Crippen LogP contribution is 2.25. The summed E-state index contributed by atoms with van der Waals surface area (Å²) < 4.78 is 10.8. The highest BCUT2D eigenvalue weighted by atomic mass is 16.5. The van der Waals surface area contributed by atoms with E-state index in [1.54, 1.807) is 24.3 Å². The molecule has 2 N–H and O–H groups in total. The van der Waals surface area contributed by atoms with Crippen molar-refractivity contribution >= 4 is 23.5 Å². The van der Waals surface area contributed by atoms with Gasteiger partial charge in [0.05, 0.1) is 12.5 Å². The number of nitrogens with one attached hydrogen (secondary N) is 2. The molecule has 0 heterocycles. The molecule has 3 aromatic carbocycles. The average molecular weight is 475 g/mol. The van der Waals surface area contributed by atoms with Crippen LogP contribution in [0.3, 0.4) is 0 Å². The van der Waals surface area contributed by atoms with Crippen molar-refractivity contribution in [2.24, 2.45) is 0 Å². The third kappa shape index (κ3) is 8.30. The lowest BCUT2D eigenvalue weighted by molar-refractivity contribution is -0.149. The number of amides is 2. The van der Waals surface area contributed by atoms with E-state index in [1.807, 2.05) is 69.3 Å². The van der Waals surface area contributed by atoms with Gasteiger partial charge < -0.3 is 20.1 Å². The summed E-state index contributed by atoms with van der Waals surface area (Å²) in [5, 5.41) is 5.50. The Bertz CT molecular complexity index is 1160. The van der Waals surface area contributed by atoms with Gasteiger partial charge in [0, 0.05) is 12.1 Å². The van der Waals surface area contributed by atoms with Crippen LogP contribution in [-0.2, 0) is 19.1 Å². The highest BCUT2D eigenvalue weighted by molar-refractivity contribution is 5.92. The minimum atomic E-state index is -0.611. The summed E-state index contributed by atoms with van der Waals surface area (Å²) in [6, 6.07) is 22.1. The third-order valence-corrected chi connectivity index (χ3v) is 5.45. The Kier molecular flexibility index (Phi) is 9.01. The maximum atomic E-state index is 12.2. The van der Waals surface area contributed by atoms with Crippen LogP contribution in [0.2, 0.25) is 0 Å². The molecule has 0 bridgehead atoms. The lowest BCUT2D eigenvalue weighted by Crippen LogP contribution is -2.31. The van der Waals surface area contributed by atoms with E-state index in [2.05, 4.69) is 10.6 Å². The zero-order valence-electron chi connectivity index (χ0n) is 20.2. The van der Waals surface area contributed by atoms with E-state index in [4.69, 9.17) is 9.47 Å². The smallest absolute Gasteiger partial charge is 0.306 e. The number of carbonyl (C=O) groups excluding carboxylic acids is 3. The molecular weight excluding hydrogens is 444 g/mol. The number of esters is 1. The SMILES string of the molecule is Cc1ccc(Oc2ccc(NC(=O)CCC(=O)OCC(=O)N[C@@H](C)c3ccccc3)cc2)cc1C. The van der Waals surface area contributed by atoms with Gasteiger partial charge in [-0.3, -0.25) is 14.4 Å². The van der Waals surface area contributed by atoms with Crippen molar-refractivity contribution in [3.63, 3.8) is 0 Å². The second-order valence-corrected chi connectivity index (χ2v) is 8.28. The molecule has 3 aromatic rings. The molecule has 7 nitrogen and oxygen atoms in total. The Morgan fingerprint density at radius 1 is 0.800 bits per heavy atom. The number of hydrogen-bond donors (Lipinski definition) is 2. The second kappa shape index (κ2) is 12.4. The van der Waals surface area contributed by atoms with Crippen LogP contribution < -0.4 is 15.4 Å². The summed E-state index contributed by atoms with van der Waals surface area (Å²) in [4.78, 5) is 36.1. The Balaban J connectivity index is 1.36. The number of hydrogen-bond acceptors (Lipinski definition) is 5. The first kappa shape index (κ1) is 25.5. The second-order valence-electron chi connectivity index (χ2n) is 8.28. The van der Waals surface area contributed by atoms with Crippen molar-refractivity contribution in [3.8, 4) is 11.5 Å². The van der Waals surface area contributed by atoms with E-state index < -0.39 is 11.9 Å². The molecule has 2 amide bonds. The van der Waals surface area contributed by atoms with E-state index in [0.717, 1.165) is 16.9 Å². The molecule has 7 heteroatoms. The molecular formula is C28H30N2O5. The van der Waals surface area contributed by atoms with Crippen LogP contribution in [0.4, 0.5) is 5.69 Å². The molecule has 0 fully saturated rings. The normalized spacial score (nSPS) is 11.3. The molecule has 0 unspecified atom stereocenters. The van der Waals surface area contributed by atoms with Gasteiger partial charge >= 0.3 is 5.97 Å². The number of ether oxygens (including phenoxy) is 2. The largest absolute Gasteiger partial charge is 0.457 e. The minimum Gasteiger partial charge on any atom is -0.457 e. The zero-order valence-corrected chi connectivity index (χ0v) is 20.2. The monoisotopic (exact) mass is 474 g/mol. The van der Waals surface area contributed by atoms with Crippen molar-refractivity contribution < 1.29 is 23.9 Å². The molecule has 0 aromatic heterocycles. The number of aryl methyl sites for hydroxylation is 2. The van der Waals surface area contributed by atoms with E-state index in [1.165, 1.54) is 5.56 Å². The molecule has 182 valence electrons. The summed E-state index contributed by atoms with van der Waals surface area (Å²) in [5.74, 6) is 0.0512. The van der Waals surface area contributed by atoms with Crippen molar-refractivity contribution in [3.05, 3.63) is 89.5 Å². The summed E-state index contributed by atoms with van der Waals surface area (Å²) >= 11 is 0. The van der Waals surface area contributed by atoms with Crippen LogP contribution in [0.25, 0.3) is 0 Å². The van der Waals surface area contributed by atoms with Crippen LogP contribution in [0, 0.1) is 13.8 Å². The molecule has 0 saturated carbocycles. The van der Waals surface area contributed by atoms with Crippen LogP contribution in [0.1, 0.15) is 42.5 Å². The fourth-order valence-corrected chi connectivity index (χ4v) is 3.29. The zero-order chi connectivity index (χ0) is 25.2. The van der Waals surface area contributed by atoms with Gasteiger partial charge in [-0.25, -0.2) is 0 Å². The Morgan fingerprint density at radius 3 is 2.17 bits per heavy atom. The summed E-state index contributed by atoms with van der Waals surface area (Å²) in [7, 11) is 0. The maximum absolute atomic E-state index is 12.2. The predicted octanol–water partition coefficient (Wildman–Crippen LogP) is 5.24. The minimum absolute atomic E-state index is 0.0538. The molecule has 0 saturated heterocycles. The van der Waals surface area contributed by atoms with Gasteiger partial charge in [0.15, 0.2) is 6.61 Å². The van der Waals surface area contributed by atoms with Gasteiger partial charge in [0.2, 0.25) is 5.91 Å². The third-order valence-electron chi connectivity index (χ3n) is 5.45. The van der Waals surface area contributed by atoms with Gasteiger partial charge in [0.1, 0.15) is 11.5 Å². The van der Waals surface area contributed by atoms with Gasteiger partial charge in [0.25, 0.3) is 5.91 Å². The molecule has 0 aliphatic heterocycles. The molecule has 0 aliphatic carbocycles. The van der Waals surface area contributed by atoms with Gasteiger partial charge in [-0.1, -0.05) is 36.4 Å². The van der Waals surface area contributed by atoms with Crippen LogP contribution in [0.5, 0.6) is 11.5 Å².